The van der Waals surface area contributed by atoms with E-state index in [-0.39, 0.29) is 28.2 Å². The standard InChI is InChI=1S/C19H27ClN2O4S/c1-2-11-22-27(24,25)16-8-9-18(17(20)13-16)26-14-19(23)21-12-10-15-6-4-3-5-7-15/h6,8-9,13,22H,2-5,7,10-12,14H2,1H3,(H,21,23). The highest BCUT2D eigenvalue weighted by atomic mass is 35.5. The normalized spacial score (nSPS) is 14.5. The van der Waals surface area contributed by atoms with E-state index in [1.165, 1.54) is 36.6 Å². The van der Waals surface area contributed by atoms with Gasteiger partial charge in [0, 0.05) is 13.1 Å². The highest BCUT2D eigenvalue weighted by Crippen LogP contribution is 2.27. The molecule has 8 heteroatoms. The monoisotopic (exact) mass is 414 g/mol. The third-order valence-corrected chi connectivity index (χ3v) is 6.02. The Balaban J connectivity index is 1.81. The van der Waals surface area contributed by atoms with Gasteiger partial charge in [0.05, 0.1) is 9.92 Å². The molecule has 0 radical (unpaired) electrons. The zero-order chi connectivity index (χ0) is 19.7. The Kier molecular flexibility index (Phi) is 8.60. The molecule has 0 aliphatic heterocycles. The van der Waals surface area contributed by atoms with Gasteiger partial charge < -0.3 is 10.1 Å². The predicted octanol–water partition coefficient (Wildman–Crippen LogP) is 3.41. The van der Waals surface area contributed by atoms with Crippen molar-refractivity contribution in [2.75, 3.05) is 19.7 Å². The third-order valence-electron chi connectivity index (χ3n) is 4.27. The zero-order valence-corrected chi connectivity index (χ0v) is 17.2. The molecule has 0 fully saturated rings. The number of sulfonamides is 1. The molecule has 1 aromatic carbocycles. The van der Waals surface area contributed by atoms with Gasteiger partial charge in [0.1, 0.15) is 5.75 Å². The summed E-state index contributed by atoms with van der Waals surface area (Å²) < 4.78 is 32.1. The van der Waals surface area contributed by atoms with E-state index in [1.54, 1.807) is 0 Å². The van der Waals surface area contributed by atoms with Gasteiger partial charge in [-0.3, -0.25) is 4.79 Å². The minimum atomic E-state index is -3.59. The van der Waals surface area contributed by atoms with Crippen LogP contribution in [0.5, 0.6) is 5.75 Å². The van der Waals surface area contributed by atoms with Crippen LogP contribution in [0.1, 0.15) is 45.4 Å². The maximum absolute atomic E-state index is 12.1. The van der Waals surface area contributed by atoms with Gasteiger partial charge in [0.15, 0.2) is 6.61 Å². The molecule has 1 aliphatic carbocycles. The molecule has 2 N–H and O–H groups in total. The average molecular weight is 415 g/mol. The molecule has 27 heavy (non-hydrogen) atoms. The van der Waals surface area contributed by atoms with E-state index in [2.05, 4.69) is 16.1 Å². The van der Waals surface area contributed by atoms with E-state index in [9.17, 15) is 13.2 Å². The van der Waals surface area contributed by atoms with Crippen molar-refractivity contribution in [3.8, 4) is 5.75 Å². The zero-order valence-electron chi connectivity index (χ0n) is 15.6. The van der Waals surface area contributed by atoms with Gasteiger partial charge in [-0.1, -0.05) is 30.2 Å². The summed E-state index contributed by atoms with van der Waals surface area (Å²) >= 11 is 6.10. The molecular weight excluding hydrogens is 388 g/mol. The number of hydrogen-bond acceptors (Lipinski definition) is 4. The molecule has 1 aromatic rings. The van der Waals surface area contributed by atoms with Crippen LogP contribution < -0.4 is 14.8 Å². The number of ether oxygens (including phenoxy) is 1. The van der Waals surface area contributed by atoms with Gasteiger partial charge in [-0.05, 0) is 56.7 Å². The summed E-state index contributed by atoms with van der Waals surface area (Å²) in [5, 5.41) is 2.97. The fourth-order valence-electron chi connectivity index (χ4n) is 2.77. The van der Waals surface area contributed by atoms with E-state index >= 15 is 0 Å². The summed E-state index contributed by atoms with van der Waals surface area (Å²) in [5.74, 6) is 0.0417. The summed E-state index contributed by atoms with van der Waals surface area (Å²) in [5.41, 5.74) is 1.40. The van der Waals surface area contributed by atoms with Crippen molar-refractivity contribution in [3.63, 3.8) is 0 Å². The second-order valence-electron chi connectivity index (χ2n) is 6.49. The lowest BCUT2D eigenvalue weighted by Gasteiger charge is -2.13. The van der Waals surface area contributed by atoms with E-state index in [1.807, 2.05) is 6.92 Å². The van der Waals surface area contributed by atoms with Crippen LogP contribution >= 0.6 is 11.6 Å². The molecule has 0 heterocycles. The van der Waals surface area contributed by atoms with Crippen LogP contribution in [-0.2, 0) is 14.8 Å². The van der Waals surface area contributed by atoms with Gasteiger partial charge in [-0.25, -0.2) is 13.1 Å². The van der Waals surface area contributed by atoms with E-state index in [0.29, 0.717) is 19.5 Å². The first-order chi connectivity index (χ1) is 12.9. The first-order valence-electron chi connectivity index (χ1n) is 9.29. The molecule has 2 rings (SSSR count). The van der Waals surface area contributed by atoms with Crippen molar-refractivity contribution in [2.24, 2.45) is 0 Å². The molecule has 0 saturated carbocycles. The Bertz CT molecular complexity index is 778. The fourth-order valence-corrected chi connectivity index (χ4v) is 4.23. The Hall–Kier alpha value is -1.57. The number of allylic oxidation sites excluding steroid dienone is 1. The van der Waals surface area contributed by atoms with Crippen molar-refractivity contribution >= 4 is 27.5 Å². The van der Waals surface area contributed by atoms with Crippen molar-refractivity contribution in [2.45, 2.75) is 50.3 Å². The number of carbonyl (C=O) groups excluding carboxylic acids is 1. The smallest absolute Gasteiger partial charge is 0.257 e. The maximum Gasteiger partial charge on any atom is 0.257 e. The molecule has 150 valence electrons. The lowest BCUT2D eigenvalue weighted by atomic mass is 9.97. The molecule has 0 spiro atoms. The van der Waals surface area contributed by atoms with Crippen molar-refractivity contribution in [1.29, 1.82) is 0 Å². The van der Waals surface area contributed by atoms with Crippen LogP contribution in [0.25, 0.3) is 0 Å². The SMILES string of the molecule is CCCNS(=O)(=O)c1ccc(OCC(=O)NCCC2=CCCCC2)c(Cl)c1. The van der Waals surface area contributed by atoms with Crippen molar-refractivity contribution in [1.82, 2.24) is 10.0 Å². The number of carbonyl (C=O) groups is 1. The lowest BCUT2D eigenvalue weighted by Crippen LogP contribution is -2.30. The van der Waals surface area contributed by atoms with Crippen molar-refractivity contribution < 1.29 is 17.9 Å². The van der Waals surface area contributed by atoms with Crippen LogP contribution in [0.3, 0.4) is 0 Å². The Labute approximate surface area is 166 Å². The summed E-state index contributed by atoms with van der Waals surface area (Å²) in [7, 11) is -3.59. The van der Waals surface area contributed by atoms with Crippen LogP contribution in [0.2, 0.25) is 5.02 Å². The second-order valence-corrected chi connectivity index (χ2v) is 8.66. The maximum atomic E-state index is 12.1. The Morgan fingerprint density at radius 3 is 2.74 bits per heavy atom. The summed E-state index contributed by atoms with van der Waals surface area (Å²) in [6, 6.07) is 4.19. The van der Waals surface area contributed by atoms with Gasteiger partial charge >= 0.3 is 0 Å². The minimum absolute atomic E-state index is 0.0681. The highest BCUT2D eigenvalue weighted by molar-refractivity contribution is 7.89. The van der Waals surface area contributed by atoms with Crippen LogP contribution in [-0.4, -0.2) is 34.0 Å². The van der Waals surface area contributed by atoms with E-state index in [4.69, 9.17) is 16.3 Å². The molecule has 1 aliphatic rings. The molecule has 0 bridgehead atoms. The van der Waals surface area contributed by atoms with Crippen LogP contribution in [0.15, 0.2) is 34.7 Å². The Morgan fingerprint density at radius 1 is 1.26 bits per heavy atom. The lowest BCUT2D eigenvalue weighted by molar-refractivity contribution is -0.123. The topological polar surface area (TPSA) is 84.5 Å². The van der Waals surface area contributed by atoms with Gasteiger partial charge in [0.25, 0.3) is 5.91 Å². The predicted molar refractivity (Wildman–Crippen MR) is 107 cm³/mol. The quantitative estimate of drug-likeness (QED) is 0.574. The molecule has 0 aromatic heterocycles. The Morgan fingerprint density at radius 2 is 2.07 bits per heavy atom. The number of hydrogen-bond donors (Lipinski definition) is 2. The summed E-state index contributed by atoms with van der Waals surface area (Å²) in [6.45, 7) is 2.65. The second kappa shape index (κ2) is 10.7. The molecule has 0 saturated heterocycles. The van der Waals surface area contributed by atoms with E-state index < -0.39 is 10.0 Å². The molecule has 1 amide bonds. The average Bonchev–Trinajstić information content (AvgIpc) is 2.66. The number of benzene rings is 1. The van der Waals surface area contributed by atoms with Gasteiger partial charge in [0.2, 0.25) is 10.0 Å². The van der Waals surface area contributed by atoms with Gasteiger partial charge in [-0.2, -0.15) is 0 Å². The third kappa shape index (κ3) is 7.16. The van der Waals surface area contributed by atoms with Crippen LogP contribution in [0, 0.1) is 0 Å². The molecule has 0 unspecified atom stereocenters. The fraction of sp³-hybridized carbons (Fsp3) is 0.526. The van der Waals surface area contributed by atoms with Gasteiger partial charge in [-0.15, -0.1) is 0 Å². The minimum Gasteiger partial charge on any atom is -0.482 e. The molecule has 0 atom stereocenters. The highest BCUT2D eigenvalue weighted by Gasteiger charge is 2.16. The number of halogens is 1. The van der Waals surface area contributed by atoms with Crippen molar-refractivity contribution in [3.05, 3.63) is 34.9 Å². The summed E-state index contributed by atoms with van der Waals surface area (Å²) in [4.78, 5) is 12.0. The van der Waals surface area contributed by atoms with E-state index in [0.717, 1.165) is 19.3 Å². The number of rotatable bonds is 10. The first-order valence-corrected chi connectivity index (χ1v) is 11.1. The molecule has 6 nitrogen and oxygen atoms in total. The van der Waals surface area contributed by atoms with Crippen LogP contribution in [0.4, 0.5) is 0 Å². The first kappa shape index (κ1) is 21.7. The summed E-state index contributed by atoms with van der Waals surface area (Å²) in [6.07, 6.45) is 8.54. The molecular formula is C19H27ClN2O4S. The number of amides is 1. The largest absolute Gasteiger partial charge is 0.482 e. The number of nitrogens with one attached hydrogen (secondary N) is 2.